The van der Waals surface area contributed by atoms with E-state index in [0.717, 1.165) is 29.5 Å². The maximum Gasteiger partial charge on any atom is 0.341 e. The van der Waals surface area contributed by atoms with Crippen molar-refractivity contribution >= 4 is 23.5 Å². The Labute approximate surface area is 205 Å². The zero-order valence-electron chi connectivity index (χ0n) is 19.6. The van der Waals surface area contributed by atoms with Crippen LogP contribution in [0.4, 0.5) is 0 Å². The zero-order chi connectivity index (χ0) is 24.7. The molecule has 0 radical (unpaired) electrons. The highest BCUT2D eigenvalue weighted by atomic mass is 35.5. The predicted octanol–water partition coefficient (Wildman–Crippen LogP) is 4.61. The molecule has 1 aliphatic rings. The Morgan fingerprint density at radius 1 is 1.21 bits per heavy atom. The number of carbonyl (C=O) groups is 2. The number of carbonyl (C=O) groups excluding carboxylic acids is 1. The number of ether oxygens (including phenoxy) is 2. The van der Waals surface area contributed by atoms with Crippen LogP contribution in [0.15, 0.2) is 42.5 Å². The minimum Gasteiger partial charge on any atom is -0.482 e. The second-order valence-corrected chi connectivity index (χ2v) is 9.40. The van der Waals surface area contributed by atoms with Gasteiger partial charge in [0.1, 0.15) is 5.75 Å². The molecule has 0 spiro atoms. The molecule has 0 aromatic heterocycles. The lowest BCUT2D eigenvalue weighted by molar-refractivity contribution is -0.139. The van der Waals surface area contributed by atoms with Crippen LogP contribution in [0, 0.1) is 0 Å². The van der Waals surface area contributed by atoms with E-state index in [-0.39, 0.29) is 25.0 Å². The van der Waals surface area contributed by atoms with Gasteiger partial charge in [0.25, 0.3) is 0 Å². The molecule has 0 aliphatic carbocycles. The van der Waals surface area contributed by atoms with E-state index < -0.39 is 24.2 Å². The van der Waals surface area contributed by atoms with Gasteiger partial charge < -0.3 is 25.0 Å². The number of aliphatic hydroxyl groups excluding tert-OH is 1. The minimum absolute atomic E-state index is 0.0158. The molecule has 7 nitrogen and oxygen atoms in total. The second-order valence-electron chi connectivity index (χ2n) is 8.96. The Balaban J connectivity index is 2.01. The number of carboxylic acid groups (broad SMARTS) is 1. The molecule has 184 valence electrons. The standard InChI is InChI=1S/C26H32ClNO6/c1-3-5-17-8-9-21(33-16-25(31)32)20(12-17)23-15-26(2,28-24(30)10-11-29)14-22(34-23)18-6-4-7-19(27)13-18/h4,6-9,12-13,22-23,29H,3,5,10-11,14-16H2,1-2H3,(H,28,30)(H,31,32)/t22-,23+,26+/m0/s1. The number of hydrogen-bond acceptors (Lipinski definition) is 5. The van der Waals surface area contributed by atoms with Crippen molar-refractivity contribution in [1.29, 1.82) is 0 Å². The van der Waals surface area contributed by atoms with Crippen LogP contribution >= 0.6 is 11.6 Å². The first-order chi connectivity index (χ1) is 16.2. The normalized spacial score (nSPS) is 22.2. The number of halogens is 1. The van der Waals surface area contributed by atoms with Crippen molar-refractivity contribution in [2.75, 3.05) is 13.2 Å². The first-order valence-electron chi connectivity index (χ1n) is 11.5. The molecule has 34 heavy (non-hydrogen) atoms. The van der Waals surface area contributed by atoms with Crippen LogP contribution in [0.2, 0.25) is 5.02 Å². The fourth-order valence-electron chi connectivity index (χ4n) is 4.45. The largest absolute Gasteiger partial charge is 0.482 e. The number of benzene rings is 2. The van der Waals surface area contributed by atoms with Gasteiger partial charge in [0, 0.05) is 35.4 Å². The molecule has 2 aromatic carbocycles. The van der Waals surface area contributed by atoms with Crippen LogP contribution in [0.25, 0.3) is 0 Å². The Hall–Kier alpha value is -2.61. The first-order valence-corrected chi connectivity index (χ1v) is 11.9. The SMILES string of the molecule is CCCc1ccc(OCC(=O)O)c([C@H]2C[C@](C)(NC(=O)CCO)C[C@@H](c3cccc(Cl)c3)O2)c1. The molecule has 1 fully saturated rings. The quantitative estimate of drug-likeness (QED) is 0.450. The van der Waals surface area contributed by atoms with Crippen molar-refractivity contribution in [3.05, 3.63) is 64.2 Å². The molecule has 1 heterocycles. The Bertz CT molecular complexity index is 1010. The van der Waals surface area contributed by atoms with Crippen LogP contribution in [0.1, 0.15) is 68.4 Å². The van der Waals surface area contributed by atoms with Crippen LogP contribution in [-0.2, 0) is 20.7 Å². The van der Waals surface area contributed by atoms with Crippen LogP contribution in [-0.4, -0.2) is 40.8 Å². The second kappa shape index (κ2) is 11.7. The number of nitrogens with one attached hydrogen (secondary N) is 1. The van der Waals surface area contributed by atoms with E-state index in [1.807, 2.05) is 37.3 Å². The molecule has 3 N–H and O–H groups in total. The van der Waals surface area contributed by atoms with E-state index >= 15 is 0 Å². The number of hydrogen-bond donors (Lipinski definition) is 3. The molecule has 3 atom stereocenters. The molecule has 0 bridgehead atoms. The highest BCUT2D eigenvalue weighted by Gasteiger charge is 2.41. The summed E-state index contributed by atoms with van der Waals surface area (Å²) in [7, 11) is 0. The molecule has 8 heteroatoms. The van der Waals surface area contributed by atoms with Crippen LogP contribution in [0.5, 0.6) is 5.75 Å². The van der Waals surface area contributed by atoms with Crippen molar-refractivity contribution in [1.82, 2.24) is 5.32 Å². The van der Waals surface area contributed by atoms with Crippen LogP contribution < -0.4 is 10.1 Å². The summed E-state index contributed by atoms with van der Waals surface area (Å²) < 4.78 is 12.2. The third-order valence-corrected chi connectivity index (χ3v) is 6.15. The van der Waals surface area contributed by atoms with Gasteiger partial charge in [-0.05, 0) is 48.7 Å². The van der Waals surface area contributed by atoms with Crippen molar-refractivity contribution in [2.45, 2.75) is 63.7 Å². The molecule has 3 rings (SSSR count). The summed E-state index contributed by atoms with van der Waals surface area (Å²) in [6.45, 7) is 3.36. The Kier molecular flexibility index (Phi) is 8.94. The van der Waals surface area contributed by atoms with Gasteiger partial charge in [-0.1, -0.05) is 43.1 Å². The third-order valence-electron chi connectivity index (χ3n) is 5.91. The van der Waals surface area contributed by atoms with Gasteiger partial charge in [-0.25, -0.2) is 4.79 Å². The van der Waals surface area contributed by atoms with E-state index in [9.17, 15) is 14.7 Å². The van der Waals surface area contributed by atoms with E-state index in [1.54, 1.807) is 12.1 Å². The predicted molar refractivity (Wildman–Crippen MR) is 129 cm³/mol. The van der Waals surface area contributed by atoms with Crippen molar-refractivity contribution in [3.63, 3.8) is 0 Å². The minimum atomic E-state index is -1.06. The Morgan fingerprint density at radius 2 is 1.97 bits per heavy atom. The molecule has 1 amide bonds. The van der Waals surface area contributed by atoms with Crippen molar-refractivity contribution in [2.24, 2.45) is 0 Å². The molecular formula is C26H32ClNO6. The fourth-order valence-corrected chi connectivity index (χ4v) is 4.65. The highest BCUT2D eigenvalue weighted by molar-refractivity contribution is 6.30. The van der Waals surface area contributed by atoms with Gasteiger partial charge in [0.05, 0.1) is 18.8 Å². The van der Waals surface area contributed by atoms with E-state index in [4.69, 9.17) is 26.2 Å². The molecule has 1 aliphatic heterocycles. The molecule has 0 saturated carbocycles. The topological polar surface area (TPSA) is 105 Å². The van der Waals surface area contributed by atoms with E-state index in [2.05, 4.69) is 12.2 Å². The number of rotatable bonds is 10. The van der Waals surface area contributed by atoms with Gasteiger partial charge in [-0.2, -0.15) is 0 Å². The monoisotopic (exact) mass is 489 g/mol. The van der Waals surface area contributed by atoms with Crippen LogP contribution in [0.3, 0.4) is 0 Å². The zero-order valence-corrected chi connectivity index (χ0v) is 20.3. The number of amides is 1. The lowest BCUT2D eigenvalue weighted by atomic mass is 9.80. The maximum atomic E-state index is 12.4. The molecule has 1 saturated heterocycles. The Morgan fingerprint density at radius 3 is 2.65 bits per heavy atom. The van der Waals surface area contributed by atoms with Gasteiger partial charge in [-0.3, -0.25) is 4.79 Å². The molecule has 0 unspecified atom stereocenters. The van der Waals surface area contributed by atoms with E-state index in [0.29, 0.717) is 23.6 Å². The number of aryl methyl sites for hydroxylation is 1. The molecular weight excluding hydrogens is 458 g/mol. The summed E-state index contributed by atoms with van der Waals surface area (Å²) in [5.74, 6) is -0.855. The fraction of sp³-hybridized carbons (Fsp3) is 0.462. The number of aliphatic carboxylic acids is 1. The summed E-state index contributed by atoms with van der Waals surface area (Å²) in [5, 5.41) is 22.0. The van der Waals surface area contributed by atoms with Crippen molar-refractivity contribution in [3.8, 4) is 5.75 Å². The number of aliphatic hydroxyl groups is 1. The summed E-state index contributed by atoms with van der Waals surface area (Å²) in [5.41, 5.74) is 2.10. The first kappa shape index (κ1) is 26.0. The van der Waals surface area contributed by atoms with Crippen molar-refractivity contribution < 1.29 is 29.3 Å². The smallest absolute Gasteiger partial charge is 0.341 e. The van der Waals surface area contributed by atoms with Gasteiger partial charge in [0.15, 0.2) is 6.61 Å². The average molecular weight is 490 g/mol. The summed E-state index contributed by atoms with van der Waals surface area (Å²) in [6, 6.07) is 13.2. The lowest BCUT2D eigenvalue weighted by Gasteiger charge is -2.43. The summed E-state index contributed by atoms with van der Waals surface area (Å²) in [6.07, 6.45) is 1.99. The summed E-state index contributed by atoms with van der Waals surface area (Å²) in [4.78, 5) is 23.6. The summed E-state index contributed by atoms with van der Waals surface area (Å²) >= 11 is 6.24. The molecule has 2 aromatic rings. The maximum absolute atomic E-state index is 12.4. The number of carboxylic acids is 1. The van der Waals surface area contributed by atoms with E-state index in [1.165, 1.54) is 0 Å². The van der Waals surface area contributed by atoms with Gasteiger partial charge in [-0.15, -0.1) is 0 Å². The third kappa shape index (κ3) is 6.95. The van der Waals surface area contributed by atoms with Gasteiger partial charge in [0.2, 0.25) is 5.91 Å². The lowest BCUT2D eigenvalue weighted by Crippen LogP contribution is -2.51. The van der Waals surface area contributed by atoms with Gasteiger partial charge >= 0.3 is 5.97 Å². The highest BCUT2D eigenvalue weighted by Crippen LogP contribution is 2.46. The average Bonchev–Trinajstić information content (AvgIpc) is 2.77.